The molecule has 1 aliphatic heterocycles. The van der Waals surface area contributed by atoms with Crippen LogP contribution in [0.15, 0.2) is 30.3 Å². The molecule has 1 fully saturated rings. The molecule has 0 amide bonds. The number of quaternary nitrogens is 1. The highest BCUT2D eigenvalue weighted by Crippen LogP contribution is 2.15. The van der Waals surface area contributed by atoms with Gasteiger partial charge in [0.15, 0.2) is 0 Å². The van der Waals surface area contributed by atoms with Crippen molar-refractivity contribution in [2.45, 2.75) is 19.6 Å². The summed E-state index contributed by atoms with van der Waals surface area (Å²) in [5.41, 5.74) is 1.34. The molecule has 1 heterocycles. The summed E-state index contributed by atoms with van der Waals surface area (Å²) in [7, 11) is 2.20. The molecule has 0 N–H and O–H groups in total. The molecule has 2 rings (SSSR count). The third kappa shape index (κ3) is 4.33. The Bertz CT molecular complexity index is 421. The standard InChI is InChI=1S/C15H22NO3/c1-13(17)19-15-12-16(2,10-11-18-15)9-8-14-6-4-3-5-7-14/h3-7,15H,8-12H2,1-2H3/q+1. The minimum atomic E-state index is -0.396. The molecular formula is C15H22NO3+. The van der Waals surface area contributed by atoms with Gasteiger partial charge in [-0.05, 0) is 5.56 Å². The molecule has 4 nitrogen and oxygen atoms in total. The van der Waals surface area contributed by atoms with Crippen LogP contribution < -0.4 is 0 Å². The number of carbonyl (C=O) groups excluding carboxylic acids is 1. The Morgan fingerprint density at radius 1 is 1.42 bits per heavy atom. The van der Waals surface area contributed by atoms with E-state index in [9.17, 15) is 4.79 Å². The molecule has 1 saturated heterocycles. The number of morpholine rings is 1. The third-order valence-electron chi connectivity index (χ3n) is 3.61. The minimum Gasteiger partial charge on any atom is -0.430 e. The zero-order chi connectivity index (χ0) is 13.7. The van der Waals surface area contributed by atoms with Crippen molar-refractivity contribution >= 4 is 5.97 Å². The van der Waals surface area contributed by atoms with Crippen molar-refractivity contribution in [3.05, 3.63) is 35.9 Å². The third-order valence-corrected chi connectivity index (χ3v) is 3.61. The summed E-state index contributed by atoms with van der Waals surface area (Å²) in [6.07, 6.45) is 0.636. The second-order valence-electron chi connectivity index (χ2n) is 5.39. The topological polar surface area (TPSA) is 35.5 Å². The number of nitrogens with zero attached hydrogens (tertiary/aromatic N) is 1. The van der Waals surface area contributed by atoms with E-state index in [1.54, 1.807) is 0 Å². The van der Waals surface area contributed by atoms with Crippen molar-refractivity contribution < 1.29 is 18.8 Å². The first kappa shape index (κ1) is 14.0. The lowest BCUT2D eigenvalue weighted by Gasteiger charge is -2.40. The van der Waals surface area contributed by atoms with Crippen LogP contribution in [-0.4, -0.2) is 50.0 Å². The van der Waals surface area contributed by atoms with E-state index in [-0.39, 0.29) is 5.97 Å². The van der Waals surface area contributed by atoms with Crippen LogP contribution in [0.3, 0.4) is 0 Å². The molecule has 0 saturated carbocycles. The van der Waals surface area contributed by atoms with Crippen molar-refractivity contribution in [2.75, 3.05) is 33.3 Å². The maximum absolute atomic E-state index is 11.0. The molecule has 0 bridgehead atoms. The Kier molecular flexibility index (Phi) is 4.56. The average Bonchev–Trinajstić information content (AvgIpc) is 2.37. The summed E-state index contributed by atoms with van der Waals surface area (Å²) >= 11 is 0. The Morgan fingerprint density at radius 3 is 2.84 bits per heavy atom. The van der Waals surface area contributed by atoms with Gasteiger partial charge in [0, 0.05) is 13.3 Å². The van der Waals surface area contributed by atoms with Gasteiger partial charge >= 0.3 is 5.97 Å². The van der Waals surface area contributed by atoms with Gasteiger partial charge in [0.1, 0.15) is 19.7 Å². The highest BCUT2D eigenvalue weighted by atomic mass is 16.7. The van der Waals surface area contributed by atoms with E-state index < -0.39 is 6.29 Å². The molecule has 2 unspecified atom stereocenters. The number of esters is 1. The number of likely N-dealkylation sites (N-methyl/N-ethyl adjacent to an activating group) is 1. The summed E-state index contributed by atoms with van der Waals surface area (Å²) in [6.45, 7) is 4.79. The Morgan fingerprint density at radius 2 is 2.16 bits per heavy atom. The second kappa shape index (κ2) is 6.17. The molecule has 4 heteroatoms. The van der Waals surface area contributed by atoms with Crippen molar-refractivity contribution in [1.82, 2.24) is 0 Å². The van der Waals surface area contributed by atoms with E-state index in [0.29, 0.717) is 6.61 Å². The molecule has 2 atom stereocenters. The molecule has 0 radical (unpaired) electrons. The number of ether oxygens (including phenoxy) is 2. The number of rotatable bonds is 4. The summed E-state index contributed by atoms with van der Waals surface area (Å²) in [5, 5.41) is 0. The number of carbonyl (C=O) groups is 1. The molecule has 0 spiro atoms. The zero-order valence-corrected chi connectivity index (χ0v) is 11.7. The highest BCUT2D eigenvalue weighted by molar-refractivity contribution is 5.66. The zero-order valence-electron chi connectivity index (χ0n) is 11.7. The molecule has 1 aliphatic rings. The predicted molar refractivity (Wildman–Crippen MR) is 72.4 cm³/mol. The van der Waals surface area contributed by atoms with Crippen LogP contribution >= 0.6 is 0 Å². The van der Waals surface area contributed by atoms with Crippen LogP contribution in [0.4, 0.5) is 0 Å². The summed E-state index contributed by atoms with van der Waals surface area (Å²) in [5.74, 6) is -0.276. The van der Waals surface area contributed by atoms with Crippen LogP contribution in [0.5, 0.6) is 0 Å². The van der Waals surface area contributed by atoms with Crippen LogP contribution in [0, 0.1) is 0 Å². The predicted octanol–water partition coefficient (Wildman–Crippen LogP) is 1.60. The largest absolute Gasteiger partial charge is 0.430 e. The first-order valence-electron chi connectivity index (χ1n) is 6.74. The Hall–Kier alpha value is -1.39. The quantitative estimate of drug-likeness (QED) is 0.612. The molecule has 0 aromatic heterocycles. The maximum atomic E-state index is 11.0. The number of benzene rings is 1. The first-order valence-corrected chi connectivity index (χ1v) is 6.74. The van der Waals surface area contributed by atoms with E-state index in [1.807, 2.05) is 6.07 Å². The van der Waals surface area contributed by atoms with Crippen molar-refractivity contribution in [3.63, 3.8) is 0 Å². The Balaban J connectivity index is 1.89. The van der Waals surface area contributed by atoms with E-state index >= 15 is 0 Å². The van der Waals surface area contributed by atoms with Crippen LogP contribution in [0.2, 0.25) is 0 Å². The van der Waals surface area contributed by atoms with Gasteiger partial charge in [0.25, 0.3) is 6.29 Å². The lowest BCUT2D eigenvalue weighted by Crippen LogP contribution is -2.57. The van der Waals surface area contributed by atoms with E-state index in [1.165, 1.54) is 12.5 Å². The van der Waals surface area contributed by atoms with Gasteiger partial charge in [-0.25, -0.2) is 0 Å². The fourth-order valence-corrected chi connectivity index (χ4v) is 2.41. The van der Waals surface area contributed by atoms with Crippen LogP contribution in [-0.2, 0) is 20.7 Å². The van der Waals surface area contributed by atoms with Gasteiger partial charge < -0.3 is 14.0 Å². The smallest absolute Gasteiger partial charge is 0.305 e. The number of hydrogen-bond acceptors (Lipinski definition) is 3. The molecular weight excluding hydrogens is 242 g/mol. The van der Waals surface area contributed by atoms with Crippen LogP contribution in [0.1, 0.15) is 12.5 Å². The van der Waals surface area contributed by atoms with Crippen molar-refractivity contribution in [1.29, 1.82) is 0 Å². The summed E-state index contributed by atoms with van der Waals surface area (Å²) in [6, 6.07) is 10.5. The molecule has 0 aliphatic carbocycles. The SMILES string of the molecule is CC(=O)OC1C[N+](C)(CCc2ccccc2)CCO1. The van der Waals surface area contributed by atoms with E-state index in [0.717, 1.165) is 30.5 Å². The molecule has 1 aromatic rings. The summed E-state index contributed by atoms with van der Waals surface area (Å²) < 4.78 is 11.5. The van der Waals surface area contributed by atoms with E-state index in [4.69, 9.17) is 9.47 Å². The first-order chi connectivity index (χ1) is 9.07. The number of hydrogen-bond donors (Lipinski definition) is 0. The fraction of sp³-hybridized carbons (Fsp3) is 0.533. The lowest BCUT2D eigenvalue weighted by molar-refractivity contribution is -0.923. The molecule has 1 aromatic carbocycles. The monoisotopic (exact) mass is 264 g/mol. The van der Waals surface area contributed by atoms with Gasteiger partial charge in [-0.3, -0.25) is 4.79 Å². The van der Waals surface area contributed by atoms with Gasteiger partial charge in [-0.15, -0.1) is 0 Å². The van der Waals surface area contributed by atoms with Gasteiger partial charge in [-0.1, -0.05) is 30.3 Å². The second-order valence-corrected chi connectivity index (χ2v) is 5.39. The average molecular weight is 264 g/mol. The molecule has 104 valence electrons. The normalized spacial score (nSPS) is 26.9. The van der Waals surface area contributed by atoms with Gasteiger partial charge in [0.05, 0.1) is 13.6 Å². The highest BCUT2D eigenvalue weighted by Gasteiger charge is 2.33. The van der Waals surface area contributed by atoms with E-state index in [2.05, 4.69) is 31.3 Å². The van der Waals surface area contributed by atoms with Crippen molar-refractivity contribution in [3.8, 4) is 0 Å². The Labute approximate surface area is 114 Å². The maximum Gasteiger partial charge on any atom is 0.305 e. The van der Waals surface area contributed by atoms with Crippen LogP contribution in [0.25, 0.3) is 0 Å². The lowest BCUT2D eigenvalue weighted by atomic mass is 10.1. The summed E-state index contributed by atoms with van der Waals surface area (Å²) in [4.78, 5) is 11.0. The van der Waals surface area contributed by atoms with Gasteiger partial charge in [-0.2, -0.15) is 0 Å². The van der Waals surface area contributed by atoms with Gasteiger partial charge in [0.2, 0.25) is 0 Å². The van der Waals surface area contributed by atoms with Crippen molar-refractivity contribution in [2.24, 2.45) is 0 Å². The fourth-order valence-electron chi connectivity index (χ4n) is 2.41. The molecule has 19 heavy (non-hydrogen) atoms. The minimum absolute atomic E-state index is 0.276.